The van der Waals surface area contributed by atoms with Crippen molar-refractivity contribution in [3.8, 4) is 0 Å². The van der Waals surface area contributed by atoms with E-state index in [2.05, 4.69) is 20.9 Å². The standard InChI is InChI=1S/C21H21F3N4O/c1-13-12-27-19-15(18(13)26-11-10-25-2)7-5-9-17(19)28-20(29)14-6-3-4-8-16(14)21(22,23)24/h3-9,12,25H,10-11H2,1-2H3,(H,26,27)(H,28,29). The molecule has 8 heteroatoms. The second-order valence-electron chi connectivity index (χ2n) is 6.55. The molecule has 3 rings (SSSR count). The number of hydrogen-bond acceptors (Lipinski definition) is 4. The molecule has 0 aliphatic rings. The lowest BCUT2D eigenvalue weighted by Gasteiger charge is -2.16. The first-order valence-electron chi connectivity index (χ1n) is 9.07. The molecule has 5 nitrogen and oxygen atoms in total. The number of halogens is 3. The number of nitrogens with one attached hydrogen (secondary N) is 3. The number of fused-ring (bicyclic) bond motifs is 1. The molecule has 1 amide bonds. The SMILES string of the molecule is CNCCNc1c(C)cnc2c(NC(=O)c3ccccc3C(F)(F)F)cccc12. The molecule has 0 bridgehead atoms. The zero-order chi connectivity index (χ0) is 21.0. The summed E-state index contributed by atoms with van der Waals surface area (Å²) in [7, 11) is 1.85. The van der Waals surface area contributed by atoms with Crippen LogP contribution in [0.25, 0.3) is 10.9 Å². The summed E-state index contributed by atoms with van der Waals surface area (Å²) in [6, 6.07) is 9.92. The maximum atomic E-state index is 13.2. The van der Waals surface area contributed by atoms with Gasteiger partial charge in [0.25, 0.3) is 5.91 Å². The van der Waals surface area contributed by atoms with Crippen LogP contribution in [0.4, 0.5) is 24.5 Å². The van der Waals surface area contributed by atoms with Gasteiger partial charge in [0, 0.05) is 30.4 Å². The Bertz CT molecular complexity index is 1030. The highest BCUT2D eigenvalue weighted by molar-refractivity contribution is 6.10. The van der Waals surface area contributed by atoms with Gasteiger partial charge < -0.3 is 16.0 Å². The van der Waals surface area contributed by atoms with Crippen molar-refractivity contribution in [1.29, 1.82) is 0 Å². The molecule has 1 heterocycles. The Morgan fingerprint density at radius 1 is 1.07 bits per heavy atom. The molecule has 0 atom stereocenters. The van der Waals surface area contributed by atoms with Gasteiger partial charge in [0.15, 0.2) is 0 Å². The number of rotatable bonds is 6. The second-order valence-corrected chi connectivity index (χ2v) is 6.55. The average molecular weight is 402 g/mol. The molecule has 3 N–H and O–H groups in total. The predicted molar refractivity (Wildman–Crippen MR) is 108 cm³/mol. The normalized spacial score (nSPS) is 11.5. The van der Waals surface area contributed by atoms with E-state index in [0.717, 1.165) is 35.3 Å². The van der Waals surface area contributed by atoms with Gasteiger partial charge in [0.2, 0.25) is 0 Å². The molecule has 1 aromatic heterocycles. The maximum absolute atomic E-state index is 13.2. The molecule has 2 aromatic carbocycles. The number of amides is 1. The van der Waals surface area contributed by atoms with Crippen LogP contribution in [0.1, 0.15) is 21.5 Å². The zero-order valence-corrected chi connectivity index (χ0v) is 16.0. The molecular weight excluding hydrogens is 381 g/mol. The molecule has 0 spiro atoms. The Balaban J connectivity index is 1.98. The number of likely N-dealkylation sites (N-methyl/N-ethyl adjacent to an activating group) is 1. The van der Waals surface area contributed by atoms with Crippen LogP contribution >= 0.6 is 0 Å². The van der Waals surface area contributed by atoms with E-state index >= 15 is 0 Å². The Morgan fingerprint density at radius 2 is 1.83 bits per heavy atom. The van der Waals surface area contributed by atoms with E-state index in [1.54, 1.807) is 18.3 Å². The van der Waals surface area contributed by atoms with Crippen LogP contribution in [-0.2, 0) is 6.18 Å². The number of aromatic nitrogens is 1. The van der Waals surface area contributed by atoms with E-state index in [4.69, 9.17) is 0 Å². The van der Waals surface area contributed by atoms with Crippen LogP contribution in [0, 0.1) is 6.92 Å². The minimum Gasteiger partial charge on any atom is -0.383 e. The van der Waals surface area contributed by atoms with E-state index in [0.29, 0.717) is 17.7 Å². The number of carbonyl (C=O) groups is 1. The first kappa shape index (κ1) is 20.6. The molecule has 0 fully saturated rings. The van der Waals surface area contributed by atoms with Crippen LogP contribution in [0.2, 0.25) is 0 Å². The van der Waals surface area contributed by atoms with Crippen molar-refractivity contribution < 1.29 is 18.0 Å². The molecule has 152 valence electrons. The quantitative estimate of drug-likeness (QED) is 0.533. The van der Waals surface area contributed by atoms with Gasteiger partial charge in [-0.2, -0.15) is 13.2 Å². The monoisotopic (exact) mass is 402 g/mol. The molecule has 0 saturated heterocycles. The Morgan fingerprint density at radius 3 is 2.55 bits per heavy atom. The van der Waals surface area contributed by atoms with Crippen molar-refractivity contribution in [2.24, 2.45) is 0 Å². The maximum Gasteiger partial charge on any atom is 0.417 e. The van der Waals surface area contributed by atoms with Crippen LogP contribution in [0.15, 0.2) is 48.7 Å². The smallest absolute Gasteiger partial charge is 0.383 e. The lowest BCUT2D eigenvalue weighted by Crippen LogP contribution is -2.19. The van der Waals surface area contributed by atoms with Gasteiger partial charge in [-0.1, -0.05) is 24.3 Å². The summed E-state index contributed by atoms with van der Waals surface area (Å²) in [5, 5.41) is 9.75. The fraction of sp³-hybridized carbons (Fsp3) is 0.238. The third-order valence-corrected chi connectivity index (χ3v) is 4.49. The van der Waals surface area contributed by atoms with Gasteiger partial charge in [-0.25, -0.2) is 0 Å². The lowest BCUT2D eigenvalue weighted by atomic mass is 10.1. The van der Waals surface area contributed by atoms with Crippen molar-refractivity contribution in [2.75, 3.05) is 30.8 Å². The number of alkyl halides is 3. The van der Waals surface area contributed by atoms with Crippen LogP contribution in [0.5, 0.6) is 0 Å². The van der Waals surface area contributed by atoms with Gasteiger partial charge >= 0.3 is 6.18 Å². The number of carbonyl (C=O) groups excluding carboxylic acids is 1. The molecular formula is C21H21F3N4O. The minimum absolute atomic E-state index is 0.348. The van der Waals surface area contributed by atoms with Gasteiger partial charge in [-0.15, -0.1) is 0 Å². The molecule has 0 aliphatic carbocycles. The van der Waals surface area contributed by atoms with E-state index in [1.165, 1.54) is 12.1 Å². The minimum atomic E-state index is -4.62. The number of aryl methyl sites for hydroxylation is 1. The second kappa shape index (κ2) is 8.48. The largest absolute Gasteiger partial charge is 0.417 e. The lowest BCUT2D eigenvalue weighted by molar-refractivity contribution is -0.137. The number of benzene rings is 2. The summed E-state index contributed by atoms with van der Waals surface area (Å²) in [6.07, 6.45) is -2.95. The highest BCUT2D eigenvalue weighted by Gasteiger charge is 2.34. The number of anilines is 2. The summed E-state index contributed by atoms with van der Waals surface area (Å²) in [6.45, 7) is 3.36. The molecule has 0 saturated carbocycles. The van der Waals surface area contributed by atoms with E-state index < -0.39 is 23.2 Å². The van der Waals surface area contributed by atoms with Gasteiger partial charge in [-0.05, 0) is 37.7 Å². The highest BCUT2D eigenvalue weighted by atomic mass is 19.4. The van der Waals surface area contributed by atoms with E-state index in [9.17, 15) is 18.0 Å². The summed E-state index contributed by atoms with van der Waals surface area (Å²) >= 11 is 0. The first-order chi connectivity index (χ1) is 13.8. The van der Waals surface area contributed by atoms with Gasteiger partial charge in [-0.3, -0.25) is 9.78 Å². The van der Waals surface area contributed by atoms with E-state index in [-0.39, 0.29) is 0 Å². The molecule has 0 radical (unpaired) electrons. The fourth-order valence-electron chi connectivity index (χ4n) is 3.09. The Labute approximate surface area is 166 Å². The number of nitrogens with zero attached hydrogens (tertiary/aromatic N) is 1. The van der Waals surface area contributed by atoms with Gasteiger partial charge in [0.05, 0.1) is 22.3 Å². The van der Waals surface area contributed by atoms with E-state index in [1.807, 2.05) is 20.0 Å². The third kappa shape index (κ3) is 4.48. The summed E-state index contributed by atoms with van der Waals surface area (Å²) in [4.78, 5) is 17.0. The van der Waals surface area contributed by atoms with Crippen LogP contribution in [-0.4, -0.2) is 31.0 Å². The third-order valence-electron chi connectivity index (χ3n) is 4.49. The summed E-state index contributed by atoms with van der Waals surface area (Å²) < 4.78 is 39.7. The van der Waals surface area contributed by atoms with Gasteiger partial charge in [0.1, 0.15) is 0 Å². The summed E-state index contributed by atoms with van der Waals surface area (Å²) in [5.41, 5.74) is 1.24. The molecule has 0 aliphatic heterocycles. The Hall–Kier alpha value is -3.13. The molecule has 0 unspecified atom stereocenters. The number of pyridine rings is 1. The van der Waals surface area contributed by atoms with Crippen molar-refractivity contribution >= 4 is 28.2 Å². The summed E-state index contributed by atoms with van der Waals surface area (Å²) in [5.74, 6) is -0.836. The van der Waals surface area contributed by atoms with Crippen molar-refractivity contribution in [3.63, 3.8) is 0 Å². The van der Waals surface area contributed by atoms with Crippen LogP contribution < -0.4 is 16.0 Å². The number of hydrogen-bond donors (Lipinski definition) is 3. The predicted octanol–water partition coefficient (Wildman–Crippen LogP) is 4.45. The molecule has 29 heavy (non-hydrogen) atoms. The molecule has 3 aromatic rings. The zero-order valence-electron chi connectivity index (χ0n) is 16.0. The average Bonchev–Trinajstić information content (AvgIpc) is 2.69. The van der Waals surface area contributed by atoms with Crippen molar-refractivity contribution in [2.45, 2.75) is 13.1 Å². The number of para-hydroxylation sites is 1. The van der Waals surface area contributed by atoms with Crippen molar-refractivity contribution in [1.82, 2.24) is 10.3 Å². The fourth-order valence-corrected chi connectivity index (χ4v) is 3.09. The first-order valence-corrected chi connectivity index (χ1v) is 9.07. The highest BCUT2D eigenvalue weighted by Crippen LogP contribution is 2.33. The van der Waals surface area contributed by atoms with Crippen LogP contribution in [0.3, 0.4) is 0 Å². The Kier molecular flexibility index (Phi) is 6.03. The topological polar surface area (TPSA) is 66.1 Å². The van der Waals surface area contributed by atoms with Crippen molar-refractivity contribution in [3.05, 3.63) is 65.4 Å².